The zero-order valence-electron chi connectivity index (χ0n) is 15.7. The fourth-order valence-electron chi connectivity index (χ4n) is 2.85. The Morgan fingerprint density at radius 2 is 1.86 bits per heavy atom. The Balaban J connectivity index is 1.77. The number of hydrogen-bond donors (Lipinski definition) is 2. The van der Waals surface area contributed by atoms with Crippen LogP contribution in [0.2, 0.25) is 0 Å². The second-order valence-corrected chi connectivity index (χ2v) is 8.23. The third-order valence-corrected chi connectivity index (χ3v) is 5.89. The fraction of sp³-hybridized carbons (Fsp3) is 0.200. The van der Waals surface area contributed by atoms with Gasteiger partial charge in [-0.15, -0.1) is 0 Å². The predicted octanol–water partition coefficient (Wildman–Crippen LogP) is 2.08. The van der Waals surface area contributed by atoms with E-state index in [-0.39, 0.29) is 10.8 Å². The summed E-state index contributed by atoms with van der Waals surface area (Å²) in [5.74, 6) is -0.320. The van der Waals surface area contributed by atoms with Crippen LogP contribution in [0.25, 0.3) is 0 Å². The lowest BCUT2D eigenvalue weighted by Crippen LogP contribution is -2.25. The molecule has 0 unspecified atom stereocenters. The van der Waals surface area contributed by atoms with Crippen molar-refractivity contribution in [2.24, 2.45) is 0 Å². The highest BCUT2D eigenvalue weighted by Crippen LogP contribution is 2.16. The van der Waals surface area contributed by atoms with Gasteiger partial charge in [0, 0.05) is 24.5 Å². The summed E-state index contributed by atoms with van der Waals surface area (Å²) >= 11 is 0. The summed E-state index contributed by atoms with van der Waals surface area (Å²) in [6, 6.07) is 14.2. The lowest BCUT2D eigenvalue weighted by atomic mass is 10.1. The van der Waals surface area contributed by atoms with Crippen LogP contribution in [0.1, 0.15) is 27.0 Å². The van der Waals surface area contributed by atoms with Crippen LogP contribution in [0.3, 0.4) is 0 Å². The molecule has 0 fully saturated rings. The summed E-state index contributed by atoms with van der Waals surface area (Å²) < 4.78 is 28.1. The number of nitrogens with zero attached hydrogens (tertiary/aromatic N) is 2. The SMILES string of the molecule is CNS(=O)(=O)c1ccc(C)c(C(=O)NCc2ccccc2Cn2cccn2)c1. The van der Waals surface area contributed by atoms with E-state index in [2.05, 4.69) is 15.1 Å². The third-order valence-electron chi connectivity index (χ3n) is 4.48. The van der Waals surface area contributed by atoms with Crippen molar-refractivity contribution in [3.8, 4) is 0 Å². The van der Waals surface area contributed by atoms with Gasteiger partial charge < -0.3 is 5.32 Å². The van der Waals surface area contributed by atoms with Crippen molar-refractivity contribution in [2.45, 2.75) is 24.9 Å². The lowest BCUT2D eigenvalue weighted by molar-refractivity contribution is 0.0950. The van der Waals surface area contributed by atoms with Crippen molar-refractivity contribution in [3.05, 3.63) is 83.2 Å². The van der Waals surface area contributed by atoms with E-state index >= 15 is 0 Å². The van der Waals surface area contributed by atoms with Gasteiger partial charge in [0.25, 0.3) is 5.91 Å². The van der Waals surface area contributed by atoms with Crippen LogP contribution in [-0.4, -0.2) is 31.2 Å². The summed E-state index contributed by atoms with van der Waals surface area (Å²) in [5, 5.41) is 7.10. The van der Waals surface area contributed by atoms with Crippen molar-refractivity contribution in [2.75, 3.05) is 7.05 Å². The van der Waals surface area contributed by atoms with Crippen LogP contribution in [-0.2, 0) is 23.1 Å². The van der Waals surface area contributed by atoms with Gasteiger partial charge in [0.2, 0.25) is 10.0 Å². The number of amides is 1. The zero-order chi connectivity index (χ0) is 20.1. The molecule has 0 saturated carbocycles. The summed E-state index contributed by atoms with van der Waals surface area (Å²) in [6.45, 7) is 2.71. The van der Waals surface area contributed by atoms with E-state index in [1.165, 1.54) is 19.2 Å². The summed E-state index contributed by atoms with van der Waals surface area (Å²) in [7, 11) is -2.27. The van der Waals surface area contributed by atoms with Gasteiger partial charge in [-0.3, -0.25) is 9.48 Å². The number of aryl methyl sites for hydroxylation is 1. The van der Waals surface area contributed by atoms with E-state index in [1.807, 2.05) is 41.2 Å². The summed E-state index contributed by atoms with van der Waals surface area (Å²) in [6.07, 6.45) is 3.60. The maximum atomic E-state index is 12.7. The first-order chi connectivity index (χ1) is 13.4. The van der Waals surface area contributed by atoms with Crippen molar-refractivity contribution in [3.63, 3.8) is 0 Å². The molecule has 0 radical (unpaired) electrons. The highest BCUT2D eigenvalue weighted by atomic mass is 32.2. The molecule has 0 atom stereocenters. The van der Waals surface area contributed by atoms with Crippen molar-refractivity contribution < 1.29 is 13.2 Å². The molecule has 8 heteroatoms. The Bertz CT molecular complexity index is 1080. The van der Waals surface area contributed by atoms with E-state index in [9.17, 15) is 13.2 Å². The van der Waals surface area contributed by atoms with Crippen LogP contribution in [0.4, 0.5) is 0 Å². The predicted molar refractivity (Wildman–Crippen MR) is 106 cm³/mol. The van der Waals surface area contributed by atoms with Crippen LogP contribution >= 0.6 is 0 Å². The Labute approximate surface area is 164 Å². The Hall–Kier alpha value is -2.97. The van der Waals surface area contributed by atoms with Gasteiger partial charge in [-0.1, -0.05) is 30.3 Å². The van der Waals surface area contributed by atoms with Gasteiger partial charge in [-0.25, -0.2) is 13.1 Å². The van der Waals surface area contributed by atoms with Gasteiger partial charge in [0.1, 0.15) is 0 Å². The first-order valence-corrected chi connectivity index (χ1v) is 10.3. The van der Waals surface area contributed by atoms with E-state index in [1.54, 1.807) is 19.2 Å². The van der Waals surface area contributed by atoms with Crippen molar-refractivity contribution in [1.29, 1.82) is 0 Å². The second kappa shape index (κ2) is 8.37. The quantitative estimate of drug-likeness (QED) is 0.637. The smallest absolute Gasteiger partial charge is 0.251 e. The molecule has 3 rings (SSSR count). The number of carbonyl (C=O) groups excluding carboxylic acids is 1. The second-order valence-electron chi connectivity index (χ2n) is 6.34. The largest absolute Gasteiger partial charge is 0.348 e. The molecule has 1 aromatic heterocycles. The van der Waals surface area contributed by atoms with Gasteiger partial charge in [0.05, 0.1) is 11.4 Å². The summed E-state index contributed by atoms with van der Waals surface area (Å²) in [4.78, 5) is 12.8. The van der Waals surface area contributed by atoms with Crippen LogP contribution < -0.4 is 10.0 Å². The van der Waals surface area contributed by atoms with E-state index in [4.69, 9.17) is 0 Å². The molecule has 7 nitrogen and oxygen atoms in total. The first-order valence-electron chi connectivity index (χ1n) is 8.77. The molecule has 0 spiro atoms. The van der Waals surface area contributed by atoms with Crippen LogP contribution in [0.15, 0.2) is 65.8 Å². The average molecular weight is 398 g/mol. The molecule has 3 aromatic rings. The molecule has 0 aliphatic heterocycles. The standard InChI is InChI=1S/C20H22N4O3S/c1-15-8-9-18(28(26,27)21-2)12-19(15)20(25)22-13-16-6-3-4-7-17(16)14-24-11-5-10-23-24/h3-12,21H,13-14H2,1-2H3,(H,22,25). The summed E-state index contributed by atoms with van der Waals surface area (Å²) in [5.41, 5.74) is 3.07. The average Bonchev–Trinajstić information content (AvgIpc) is 3.20. The molecular formula is C20H22N4O3S. The van der Waals surface area contributed by atoms with Gasteiger partial charge in [0.15, 0.2) is 0 Å². The molecule has 2 N–H and O–H groups in total. The van der Waals surface area contributed by atoms with Crippen LogP contribution in [0.5, 0.6) is 0 Å². The molecule has 1 heterocycles. The lowest BCUT2D eigenvalue weighted by Gasteiger charge is -2.13. The zero-order valence-corrected chi connectivity index (χ0v) is 16.5. The third kappa shape index (κ3) is 4.47. The molecular weight excluding hydrogens is 376 g/mol. The first kappa shape index (κ1) is 19.8. The van der Waals surface area contributed by atoms with Gasteiger partial charge in [-0.2, -0.15) is 5.10 Å². The van der Waals surface area contributed by atoms with E-state index in [0.29, 0.717) is 24.2 Å². The molecule has 28 heavy (non-hydrogen) atoms. The number of nitrogens with one attached hydrogen (secondary N) is 2. The fourth-order valence-corrected chi connectivity index (χ4v) is 3.61. The molecule has 0 aliphatic carbocycles. The minimum atomic E-state index is -3.61. The maximum absolute atomic E-state index is 12.7. The van der Waals surface area contributed by atoms with E-state index < -0.39 is 10.0 Å². The number of sulfonamides is 1. The highest BCUT2D eigenvalue weighted by Gasteiger charge is 2.16. The number of hydrogen-bond acceptors (Lipinski definition) is 4. The molecule has 1 amide bonds. The number of benzene rings is 2. The van der Waals surface area contributed by atoms with Gasteiger partial charge in [-0.05, 0) is 48.9 Å². The van der Waals surface area contributed by atoms with Gasteiger partial charge >= 0.3 is 0 Å². The van der Waals surface area contributed by atoms with Crippen LogP contribution in [0, 0.1) is 6.92 Å². The minimum absolute atomic E-state index is 0.0600. The Morgan fingerprint density at radius 1 is 1.11 bits per heavy atom. The monoisotopic (exact) mass is 398 g/mol. The Morgan fingerprint density at radius 3 is 2.54 bits per heavy atom. The minimum Gasteiger partial charge on any atom is -0.348 e. The normalized spacial score (nSPS) is 11.4. The molecule has 0 bridgehead atoms. The number of aromatic nitrogens is 2. The molecule has 2 aromatic carbocycles. The van der Waals surface area contributed by atoms with Crippen molar-refractivity contribution in [1.82, 2.24) is 19.8 Å². The highest BCUT2D eigenvalue weighted by molar-refractivity contribution is 7.89. The molecule has 0 saturated heterocycles. The Kier molecular flexibility index (Phi) is 5.91. The molecule has 0 aliphatic rings. The number of carbonyl (C=O) groups is 1. The topological polar surface area (TPSA) is 93.1 Å². The van der Waals surface area contributed by atoms with Crippen molar-refractivity contribution >= 4 is 15.9 Å². The molecule has 146 valence electrons. The number of rotatable bonds is 7. The van der Waals surface area contributed by atoms with E-state index in [0.717, 1.165) is 11.1 Å². The maximum Gasteiger partial charge on any atom is 0.251 e.